The molecule has 24 heavy (non-hydrogen) atoms. The zero-order valence-corrected chi connectivity index (χ0v) is 15.9. The summed E-state index contributed by atoms with van der Waals surface area (Å²) in [6, 6.07) is 7.31. The Hall–Kier alpha value is -1.11. The smallest absolute Gasteiger partial charge is 0.242 e. The molecule has 1 aliphatic rings. The quantitative estimate of drug-likeness (QED) is 0.707. The van der Waals surface area contributed by atoms with E-state index >= 15 is 0 Å². The summed E-state index contributed by atoms with van der Waals surface area (Å²) in [6.07, 6.45) is 7.96. The van der Waals surface area contributed by atoms with Gasteiger partial charge >= 0.3 is 0 Å². The van der Waals surface area contributed by atoms with Crippen molar-refractivity contribution >= 4 is 10.0 Å². The number of likely N-dealkylation sites (N-methyl/N-ethyl adjacent to an activating group) is 1. The Balaban J connectivity index is 1.82. The molecule has 0 N–H and O–H groups in total. The van der Waals surface area contributed by atoms with Crippen molar-refractivity contribution < 1.29 is 13.2 Å². The Kier molecular flexibility index (Phi) is 7.07. The van der Waals surface area contributed by atoms with Crippen LogP contribution in [0.25, 0.3) is 0 Å². The van der Waals surface area contributed by atoms with Gasteiger partial charge in [-0.05, 0) is 44.2 Å². The zero-order chi connectivity index (χ0) is 17.6. The summed E-state index contributed by atoms with van der Waals surface area (Å²) in [5, 5.41) is 0. The highest BCUT2D eigenvalue weighted by Crippen LogP contribution is 2.21. The molecule has 1 fully saturated rings. The minimum Gasteiger partial charge on any atom is -0.492 e. The van der Waals surface area contributed by atoms with Gasteiger partial charge in [-0.2, -0.15) is 0 Å². The number of nitrogens with zero attached hydrogens (tertiary/aromatic N) is 2. The Morgan fingerprint density at radius 3 is 2.12 bits per heavy atom. The summed E-state index contributed by atoms with van der Waals surface area (Å²) in [5.41, 5.74) is 0. The standard InChI is InChI=1S/C18H30N2O3S/c1-19(2)24(21,22)18-12-10-17(11-13-18)23-15-14-20(3)16-8-6-4-5-7-9-16/h10-13,16H,4-9,14-15H2,1-3H3. The van der Waals surface area contributed by atoms with E-state index in [9.17, 15) is 8.42 Å². The molecule has 136 valence electrons. The van der Waals surface area contributed by atoms with Gasteiger partial charge in [0.15, 0.2) is 0 Å². The molecule has 0 radical (unpaired) electrons. The van der Waals surface area contributed by atoms with Gasteiger partial charge < -0.3 is 9.64 Å². The van der Waals surface area contributed by atoms with Crippen molar-refractivity contribution in [3.63, 3.8) is 0 Å². The van der Waals surface area contributed by atoms with E-state index in [1.165, 1.54) is 56.9 Å². The number of ether oxygens (including phenoxy) is 1. The lowest BCUT2D eigenvalue weighted by atomic mass is 10.1. The first-order valence-electron chi connectivity index (χ1n) is 8.77. The van der Waals surface area contributed by atoms with Crippen molar-refractivity contribution in [2.24, 2.45) is 0 Å². The van der Waals surface area contributed by atoms with Crippen LogP contribution in [0.3, 0.4) is 0 Å². The lowest BCUT2D eigenvalue weighted by Gasteiger charge is -2.26. The van der Waals surface area contributed by atoms with Gasteiger partial charge in [0.05, 0.1) is 4.90 Å². The number of sulfonamides is 1. The van der Waals surface area contributed by atoms with Crippen LogP contribution in [0.5, 0.6) is 5.75 Å². The summed E-state index contributed by atoms with van der Waals surface area (Å²) in [6.45, 7) is 1.51. The third-order valence-corrected chi connectivity index (χ3v) is 6.59. The molecule has 6 heteroatoms. The first kappa shape index (κ1) is 19.2. The van der Waals surface area contributed by atoms with E-state index in [1.807, 2.05) is 0 Å². The molecule has 0 atom stereocenters. The molecule has 1 aromatic carbocycles. The Morgan fingerprint density at radius 2 is 1.58 bits per heavy atom. The molecule has 0 spiro atoms. The highest BCUT2D eigenvalue weighted by Gasteiger charge is 2.18. The van der Waals surface area contributed by atoms with Crippen LogP contribution in [0, 0.1) is 0 Å². The largest absolute Gasteiger partial charge is 0.492 e. The second-order valence-electron chi connectivity index (χ2n) is 6.73. The summed E-state index contributed by atoms with van der Waals surface area (Å²) >= 11 is 0. The summed E-state index contributed by atoms with van der Waals surface area (Å²) in [7, 11) is 1.86. The molecule has 0 aliphatic heterocycles. The van der Waals surface area contributed by atoms with Gasteiger partial charge in [0.2, 0.25) is 10.0 Å². The van der Waals surface area contributed by atoms with Gasteiger partial charge in [-0.25, -0.2) is 12.7 Å². The van der Waals surface area contributed by atoms with Gasteiger partial charge in [0.25, 0.3) is 0 Å². The number of benzene rings is 1. The van der Waals surface area contributed by atoms with E-state index in [0.717, 1.165) is 6.54 Å². The SMILES string of the molecule is CN(CCOc1ccc(S(=O)(=O)N(C)C)cc1)C1CCCCCC1. The van der Waals surface area contributed by atoms with E-state index in [1.54, 1.807) is 24.3 Å². The molecule has 2 rings (SSSR count). The second kappa shape index (κ2) is 8.83. The van der Waals surface area contributed by atoms with Gasteiger partial charge in [-0.1, -0.05) is 25.7 Å². The molecular formula is C18H30N2O3S. The fraction of sp³-hybridized carbons (Fsp3) is 0.667. The summed E-state index contributed by atoms with van der Waals surface area (Å²) in [4.78, 5) is 2.69. The lowest BCUT2D eigenvalue weighted by Crippen LogP contribution is -2.34. The molecular weight excluding hydrogens is 324 g/mol. The fourth-order valence-electron chi connectivity index (χ4n) is 3.11. The third kappa shape index (κ3) is 5.19. The van der Waals surface area contributed by atoms with Crippen molar-refractivity contribution in [3.8, 4) is 5.75 Å². The average molecular weight is 355 g/mol. The maximum absolute atomic E-state index is 12.0. The van der Waals surface area contributed by atoms with Crippen LogP contribution >= 0.6 is 0 Å². The molecule has 5 nitrogen and oxygen atoms in total. The number of hydrogen-bond donors (Lipinski definition) is 0. The summed E-state index contributed by atoms with van der Waals surface area (Å²) < 4.78 is 31.0. The maximum Gasteiger partial charge on any atom is 0.242 e. The van der Waals surface area contributed by atoms with Crippen LogP contribution in [0.2, 0.25) is 0 Å². The van der Waals surface area contributed by atoms with Crippen molar-refractivity contribution in [1.82, 2.24) is 9.21 Å². The highest BCUT2D eigenvalue weighted by molar-refractivity contribution is 7.89. The molecule has 0 bridgehead atoms. The predicted octanol–water partition coefficient (Wildman–Crippen LogP) is 2.97. The van der Waals surface area contributed by atoms with Crippen molar-refractivity contribution in [2.45, 2.75) is 49.5 Å². The molecule has 0 unspecified atom stereocenters. The topological polar surface area (TPSA) is 49.9 Å². The average Bonchev–Trinajstić information content (AvgIpc) is 2.84. The summed E-state index contributed by atoms with van der Waals surface area (Å²) in [5.74, 6) is 0.710. The predicted molar refractivity (Wildman–Crippen MR) is 96.9 cm³/mol. The molecule has 1 aromatic rings. The molecule has 1 aliphatic carbocycles. The molecule has 0 aromatic heterocycles. The van der Waals surface area contributed by atoms with Gasteiger partial charge in [0.1, 0.15) is 12.4 Å². The first-order valence-corrected chi connectivity index (χ1v) is 10.2. The van der Waals surface area contributed by atoms with E-state index < -0.39 is 10.0 Å². The third-order valence-electron chi connectivity index (χ3n) is 4.76. The monoisotopic (exact) mass is 354 g/mol. The fourth-order valence-corrected chi connectivity index (χ4v) is 4.01. The van der Waals surface area contributed by atoms with Crippen LogP contribution in [-0.2, 0) is 10.0 Å². The van der Waals surface area contributed by atoms with E-state index in [0.29, 0.717) is 18.4 Å². The van der Waals surface area contributed by atoms with Gasteiger partial charge in [-0.3, -0.25) is 0 Å². The van der Waals surface area contributed by atoms with Crippen LogP contribution in [0.4, 0.5) is 0 Å². The zero-order valence-electron chi connectivity index (χ0n) is 15.1. The molecule has 0 saturated heterocycles. The Morgan fingerprint density at radius 1 is 1.00 bits per heavy atom. The minimum atomic E-state index is -3.38. The van der Waals surface area contributed by atoms with E-state index in [-0.39, 0.29) is 4.90 Å². The van der Waals surface area contributed by atoms with Crippen LogP contribution in [0.15, 0.2) is 29.2 Å². The Bertz CT molecular complexity index is 591. The Labute approximate surface area is 146 Å². The van der Waals surface area contributed by atoms with Crippen LogP contribution in [-0.4, -0.2) is 58.0 Å². The van der Waals surface area contributed by atoms with Crippen molar-refractivity contribution in [3.05, 3.63) is 24.3 Å². The van der Waals surface area contributed by atoms with Crippen molar-refractivity contribution in [1.29, 1.82) is 0 Å². The highest BCUT2D eigenvalue weighted by atomic mass is 32.2. The normalized spacial score (nSPS) is 17.2. The van der Waals surface area contributed by atoms with Gasteiger partial charge in [-0.15, -0.1) is 0 Å². The van der Waals surface area contributed by atoms with Crippen LogP contribution < -0.4 is 4.74 Å². The second-order valence-corrected chi connectivity index (χ2v) is 8.89. The molecule has 0 amide bonds. The van der Waals surface area contributed by atoms with Crippen LogP contribution in [0.1, 0.15) is 38.5 Å². The molecule has 1 saturated carbocycles. The van der Waals surface area contributed by atoms with E-state index in [4.69, 9.17) is 4.74 Å². The first-order chi connectivity index (χ1) is 11.4. The number of hydrogen-bond acceptors (Lipinski definition) is 4. The van der Waals surface area contributed by atoms with Crippen molar-refractivity contribution in [2.75, 3.05) is 34.3 Å². The molecule has 0 heterocycles. The van der Waals surface area contributed by atoms with E-state index in [2.05, 4.69) is 11.9 Å². The maximum atomic E-state index is 12.0. The lowest BCUT2D eigenvalue weighted by molar-refractivity contribution is 0.178. The minimum absolute atomic E-state index is 0.287. The number of rotatable bonds is 7. The van der Waals surface area contributed by atoms with Gasteiger partial charge in [0, 0.05) is 26.7 Å².